The van der Waals surface area contributed by atoms with Crippen molar-refractivity contribution >= 4 is 26.7 Å². The van der Waals surface area contributed by atoms with Crippen LogP contribution in [0.15, 0.2) is 95.0 Å². The molecule has 256 valence electrons. The maximum absolute atomic E-state index is 13.6. The molecule has 0 spiro atoms. The largest absolute Gasteiger partial charge is 0.492 e. The van der Waals surface area contributed by atoms with E-state index in [0.717, 1.165) is 90.9 Å². The summed E-state index contributed by atoms with van der Waals surface area (Å²) in [5.41, 5.74) is 3.62. The van der Waals surface area contributed by atoms with Crippen molar-refractivity contribution in [3.8, 4) is 16.9 Å². The Balaban J connectivity index is 0.999. The van der Waals surface area contributed by atoms with Gasteiger partial charge in [0.05, 0.1) is 4.90 Å². The molecule has 3 aromatic heterocycles. The van der Waals surface area contributed by atoms with Gasteiger partial charge in [0.2, 0.25) is 0 Å². The molecular weight excluding hydrogens is 637 g/mol. The number of piperazine rings is 1. The van der Waals surface area contributed by atoms with E-state index in [9.17, 15) is 13.2 Å². The lowest BCUT2D eigenvalue weighted by molar-refractivity contribution is 0.133. The van der Waals surface area contributed by atoms with E-state index in [1.54, 1.807) is 43.6 Å². The van der Waals surface area contributed by atoms with Gasteiger partial charge in [0, 0.05) is 88.0 Å². The number of aryl methyl sites for hydroxylation is 2. The van der Waals surface area contributed by atoms with Crippen molar-refractivity contribution in [2.45, 2.75) is 30.6 Å². The number of anilines is 1. The Morgan fingerprint density at radius 1 is 0.857 bits per heavy atom. The third-order valence-corrected chi connectivity index (χ3v) is 11.8. The van der Waals surface area contributed by atoms with Gasteiger partial charge in [0.25, 0.3) is 15.6 Å². The zero-order valence-electron chi connectivity index (χ0n) is 28.5. The Labute approximate surface area is 288 Å². The summed E-state index contributed by atoms with van der Waals surface area (Å²) < 4.78 is 35.7. The first-order valence-corrected chi connectivity index (χ1v) is 18.5. The highest BCUT2D eigenvalue weighted by Gasteiger charge is 2.24. The van der Waals surface area contributed by atoms with Crippen LogP contribution in [0, 0.1) is 6.92 Å². The summed E-state index contributed by atoms with van der Waals surface area (Å²) in [6.45, 7) is 9.84. The summed E-state index contributed by atoms with van der Waals surface area (Å²) in [4.78, 5) is 25.4. The van der Waals surface area contributed by atoms with Crippen molar-refractivity contribution in [1.82, 2.24) is 23.3 Å². The van der Waals surface area contributed by atoms with E-state index in [-0.39, 0.29) is 16.0 Å². The van der Waals surface area contributed by atoms with E-state index in [1.165, 1.54) is 16.3 Å². The van der Waals surface area contributed by atoms with Crippen LogP contribution in [0.25, 0.3) is 22.0 Å². The zero-order chi connectivity index (χ0) is 34.1. The van der Waals surface area contributed by atoms with Crippen LogP contribution >= 0.6 is 0 Å². The highest BCUT2D eigenvalue weighted by atomic mass is 32.2. The molecule has 2 aliphatic heterocycles. The Morgan fingerprint density at radius 2 is 1.57 bits per heavy atom. The standard InChI is InChI=1S/C38H44N6O4S/c1-28-4-11-33(12-5-28)49(46,47)44-19-16-34-35(27-41(3)38(45)37(34)44)31-8-13-36(39-26-31)43-17-14-30(15-18-43)29-6-9-32(10-7-29)48-25-24-42-22-20-40(2)21-23-42/h4-13,16,19,26-27,30H,14-15,17-18,20-25H2,1-3H3. The van der Waals surface area contributed by atoms with Gasteiger partial charge < -0.3 is 19.1 Å². The lowest BCUT2D eigenvalue weighted by Crippen LogP contribution is -2.45. The van der Waals surface area contributed by atoms with Crippen LogP contribution in [-0.2, 0) is 17.1 Å². The third kappa shape index (κ3) is 6.88. The quantitative estimate of drug-likeness (QED) is 0.216. The summed E-state index contributed by atoms with van der Waals surface area (Å²) in [5.74, 6) is 2.33. The molecule has 0 saturated carbocycles. The average molecular weight is 681 g/mol. The van der Waals surface area contributed by atoms with Crippen LogP contribution in [-0.4, -0.2) is 91.2 Å². The zero-order valence-corrected chi connectivity index (χ0v) is 29.3. The second kappa shape index (κ2) is 13.8. The lowest BCUT2D eigenvalue weighted by Gasteiger charge is -2.33. The van der Waals surface area contributed by atoms with E-state index in [4.69, 9.17) is 9.72 Å². The van der Waals surface area contributed by atoms with Gasteiger partial charge in [0.1, 0.15) is 23.7 Å². The molecule has 0 amide bonds. The molecule has 10 nitrogen and oxygen atoms in total. The van der Waals surface area contributed by atoms with Gasteiger partial charge in [-0.25, -0.2) is 17.4 Å². The van der Waals surface area contributed by atoms with Crippen LogP contribution in [0.2, 0.25) is 0 Å². The molecule has 7 rings (SSSR count). The Hall–Kier alpha value is -4.45. The number of benzene rings is 2. The van der Waals surface area contributed by atoms with Crippen molar-refractivity contribution in [2.75, 3.05) is 64.4 Å². The number of hydrogen-bond donors (Lipinski definition) is 0. The third-order valence-electron chi connectivity index (χ3n) is 10.1. The van der Waals surface area contributed by atoms with Crippen molar-refractivity contribution in [3.05, 3.63) is 107 Å². The monoisotopic (exact) mass is 680 g/mol. The number of hydrogen-bond acceptors (Lipinski definition) is 8. The molecule has 2 fully saturated rings. The van der Waals surface area contributed by atoms with Crippen molar-refractivity contribution < 1.29 is 13.2 Å². The normalized spacial score (nSPS) is 16.8. The van der Waals surface area contributed by atoms with Crippen LogP contribution in [0.3, 0.4) is 0 Å². The van der Waals surface area contributed by atoms with E-state index in [1.807, 2.05) is 25.3 Å². The predicted octanol–water partition coefficient (Wildman–Crippen LogP) is 4.96. The van der Waals surface area contributed by atoms with Gasteiger partial charge in [0.15, 0.2) is 0 Å². The summed E-state index contributed by atoms with van der Waals surface area (Å²) >= 11 is 0. The number of likely N-dealkylation sites (N-methyl/N-ethyl adjacent to an activating group) is 1. The number of fused-ring (bicyclic) bond motifs is 1. The summed E-state index contributed by atoms with van der Waals surface area (Å²) in [6.07, 6.45) is 7.11. The molecule has 2 saturated heterocycles. The first-order chi connectivity index (χ1) is 23.7. The number of nitrogens with zero attached hydrogens (tertiary/aromatic N) is 6. The minimum Gasteiger partial charge on any atom is -0.492 e. The SMILES string of the molecule is Cc1ccc(S(=O)(=O)n2ccc3c(-c4ccc(N5CCC(c6ccc(OCCN7CCN(C)CC7)cc6)CC5)nc4)cn(C)c(=O)c32)cc1. The minimum atomic E-state index is -3.96. The molecule has 11 heteroatoms. The Bertz CT molecular complexity index is 2070. The molecule has 0 unspecified atom stereocenters. The highest BCUT2D eigenvalue weighted by Crippen LogP contribution is 2.33. The molecule has 0 aliphatic carbocycles. The fraction of sp³-hybridized carbons (Fsp3) is 0.368. The molecule has 2 aliphatic rings. The second-order valence-corrected chi connectivity index (χ2v) is 15.2. The Kier molecular flexibility index (Phi) is 9.32. The maximum atomic E-state index is 13.6. The molecule has 0 atom stereocenters. The van der Waals surface area contributed by atoms with Crippen LogP contribution in [0.4, 0.5) is 5.82 Å². The molecule has 5 heterocycles. The average Bonchev–Trinajstić information content (AvgIpc) is 3.58. The number of rotatable bonds is 9. The first kappa shape index (κ1) is 33.1. The molecule has 5 aromatic rings. The molecule has 0 N–H and O–H groups in total. The minimum absolute atomic E-state index is 0.122. The summed E-state index contributed by atoms with van der Waals surface area (Å²) in [6, 6.07) is 21.0. The van der Waals surface area contributed by atoms with Crippen LogP contribution in [0.1, 0.15) is 29.9 Å². The maximum Gasteiger partial charge on any atom is 0.275 e. The van der Waals surface area contributed by atoms with Crippen molar-refractivity contribution in [3.63, 3.8) is 0 Å². The smallest absolute Gasteiger partial charge is 0.275 e. The molecule has 2 aromatic carbocycles. The second-order valence-electron chi connectivity index (χ2n) is 13.4. The number of piperidine rings is 1. The topological polar surface area (TPSA) is 92.9 Å². The number of pyridine rings is 2. The van der Waals surface area contributed by atoms with E-state index >= 15 is 0 Å². The van der Waals surface area contributed by atoms with Gasteiger partial charge in [-0.2, -0.15) is 0 Å². The highest BCUT2D eigenvalue weighted by molar-refractivity contribution is 7.90. The van der Waals surface area contributed by atoms with E-state index < -0.39 is 10.0 Å². The van der Waals surface area contributed by atoms with Crippen LogP contribution in [0.5, 0.6) is 5.75 Å². The van der Waals surface area contributed by atoms with Gasteiger partial charge in [-0.05, 0) is 80.8 Å². The predicted molar refractivity (Wildman–Crippen MR) is 194 cm³/mol. The number of aromatic nitrogens is 3. The summed E-state index contributed by atoms with van der Waals surface area (Å²) in [7, 11) is -0.145. The summed E-state index contributed by atoms with van der Waals surface area (Å²) in [5, 5.41) is 0.570. The number of ether oxygens (including phenoxy) is 1. The van der Waals surface area contributed by atoms with Gasteiger partial charge in [-0.1, -0.05) is 29.8 Å². The van der Waals surface area contributed by atoms with E-state index in [0.29, 0.717) is 17.9 Å². The van der Waals surface area contributed by atoms with Crippen LogP contribution < -0.4 is 15.2 Å². The van der Waals surface area contributed by atoms with Crippen molar-refractivity contribution in [1.29, 1.82) is 0 Å². The Morgan fingerprint density at radius 3 is 2.24 bits per heavy atom. The van der Waals surface area contributed by atoms with Crippen molar-refractivity contribution in [2.24, 2.45) is 7.05 Å². The molecule has 0 radical (unpaired) electrons. The lowest BCUT2D eigenvalue weighted by atomic mass is 9.89. The molecule has 49 heavy (non-hydrogen) atoms. The van der Waals surface area contributed by atoms with Gasteiger partial charge in [-0.15, -0.1) is 0 Å². The molecular formula is C38H44N6O4S. The van der Waals surface area contributed by atoms with E-state index in [2.05, 4.69) is 46.0 Å². The molecule has 0 bridgehead atoms. The first-order valence-electron chi connectivity index (χ1n) is 17.1. The van der Waals surface area contributed by atoms with Gasteiger partial charge in [-0.3, -0.25) is 9.69 Å². The van der Waals surface area contributed by atoms with Gasteiger partial charge >= 0.3 is 0 Å². The fourth-order valence-electron chi connectivity index (χ4n) is 6.96. The fourth-order valence-corrected chi connectivity index (χ4v) is 8.30.